The molecular formula is C16H27N3O9. The van der Waals surface area contributed by atoms with E-state index in [1.54, 1.807) is 6.92 Å². The lowest BCUT2D eigenvalue weighted by atomic mass is 10.2. The fourth-order valence-electron chi connectivity index (χ4n) is 2.63. The minimum Gasteiger partial charge on any atom is -0.480 e. The van der Waals surface area contributed by atoms with Crippen molar-refractivity contribution in [3.63, 3.8) is 0 Å². The molecule has 28 heavy (non-hydrogen) atoms. The van der Waals surface area contributed by atoms with E-state index < -0.39 is 49.6 Å². The van der Waals surface area contributed by atoms with Crippen LogP contribution >= 0.6 is 0 Å². The number of carboxylic acid groups (broad SMARTS) is 4. The number of aliphatic carboxylic acids is 4. The van der Waals surface area contributed by atoms with E-state index >= 15 is 0 Å². The summed E-state index contributed by atoms with van der Waals surface area (Å²) in [6.45, 7) is 1.19. The number of Topliss-reactive ketones (excluding diaryl/α,β-unsaturated/α-hetero) is 1. The number of carbonyl (C=O) groups is 5. The van der Waals surface area contributed by atoms with Gasteiger partial charge in [-0.15, -0.1) is 0 Å². The van der Waals surface area contributed by atoms with Crippen molar-refractivity contribution in [2.24, 2.45) is 0 Å². The van der Waals surface area contributed by atoms with Crippen molar-refractivity contribution in [1.82, 2.24) is 14.7 Å². The van der Waals surface area contributed by atoms with Crippen LogP contribution < -0.4 is 0 Å². The summed E-state index contributed by atoms with van der Waals surface area (Å²) in [7, 11) is 0. The van der Waals surface area contributed by atoms with E-state index in [-0.39, 0.29) is 38.5 Å². The van der Waals surface area contributed by atoms with Crippen LogP contribution in [-0.4, -0.2) is 123 Å². The number of ketones is 1. The first kappa shape index (κ1) is 25.4. The molecule has 0 amide bonds. The molecule has 1 atom stereocenters. The molecule has 0 saturated heterocycles. The fourth-order valence-corrected chi connectivity index (χ4v) is 2.63. The summed E-state index contributed by atoms with van der Waals surface area (Å²) in [5.41, 5.74) is 0. The standard InChI is InChI=1S/C16H27N3O9/c1-11(19(9-15(25)26)10-16(27)28)5-17(7-13(21)22)3-4-18(6-12(2)20)8-14(23)24/h11H,3-10H2,1-2H3,(H,21,22)(H,23,24)(H,25,26)(H,27,28). The highest BCUT2D eigenvalue weighted by Gasteiger charge is 2.23. The second kappa shape index (κ2) is 12.8. The lowest BCUT2D eigenvalue weighted by molar-refractivity contribution is -0.144. The minimum atomic E-state index is -1.22. The van der Waals surface area contributed by atoms with E-state index in [4.69, 9.17) is 20.4 Å². The van der Waals surface area contributed by atoms with Gasteiger partial charge < -0.3 is 20.4 Å². The molecule has 0 aliphatic heterocycles. The van der Waals surface area contributed by atoms with Gasteiger partial charge in [-0.25, -0.2) is 0 Å². The van der Waals surface area contributed by atoms with Crippen molar-refractivity contribution in [2.75, 3.05) is 52.4 Å². The van der Waals surface area contributed by atoms with Gasteiger partial charge in [0.25, 0.3) is 0 Å². The predicted molar refractivity (Wildman–Crippen MR) is 95.1 cm³/mol. The first-order valence-corrected chi connectivity index (χ1v) is 8.46. The van der Waals surface area contributed by atoms with Crippen molar-refractivity contribution in [2.45, 2.75) is 19.9 Å². The summed E-state index contributed by atoms with van der Waals surface area (Å²) in [6, 6.07) is -0.590. The molecule has 4 N–H and O–H groups in total. The molecule has 0 aromatic heterocycles. The Labute approximate surface area is 161 Å². The zero-order chi connectivity index (χ0) is 21.9. The third kappa shape index (κ3) is 12.7. The van der Waals surface area contributed by atoms with Gasteiger partial charge in [0.05, 0.1) is 32.7 Å². The van der Waals surface area contributed by atoms with E-state index in [1.807, 2.05) is 0 Å². The Morgan fingerprint density at radius 3 is 1.46 bits per heavy atom. The summed E-state index contributed by atoms with van der Waals surface area (Å²) in [5.74, 6) is -4.95. The molecule has 0 bridgehead atoms. The number of hydrogen-bond acceptors (Lipinski definition) is 8. The first-order valence-electron chi connectivity index (χ1n) is 8.46. The van der Waals surface area contributed by atoms with Crippen LogP contribution in [0.25, 0.3) is 0 Å². The number of nitrogens with zero attached hydrogens (tertiary/aromatic N) is 3. The average molecular weight is 405 g/mol. The van der Waals surface area contributed by atoms with Gasteiger partial charge in [-0.05, 0) is 13.8 Å². The maximum atomic E-state index is 11.3. The van der Waals surface area contributed by atoms with Crippen molar-refractivity contribution >= 4 is 29.7 Å². The zero-order valence-corrected chi connectivity index (χ0v) is 15.9. The van der Waals surface area contributed by atoms with Crippen molar-refractivity contribution in [3.05, 3.63) is 0 Å². The van der Waals surface area contributed by atoms with Crippen molar-refractivity contribution in [1.29, 1.82) is 0 Å². The normalized spacial score (nSPS) is 12.3. The Bertz CT molecular complexity index is 550. The van der Waals surface area contributed by atoms with Gasteiger partial charge in [0, 0.05) is 25.7 Å². The molecule has 0 aromatic rings. The summed E-state index contributed by atoms with van der Waals surface area (Å²) in [5, 5.41) is 35.9. The number of hydrogen-bond donors (Lipinski definition) is 4. The summed E-state index contributed by atoms with van der Waals surface area (Å²) < 4.78 is 0. The van der Waals surface area contributed by atoms with E-state index in [0.717, 1.165) is 0 Å². The molecule has 1 unspecified atom stereocenters. The van der Waals surface area contributed by atoms with Crippen molar-refractivity contribution < 1.29 is 44.4 Å². The second-order valence-corrected chi connectivity index (χ2v) is 6.48. The predicted octanol–water partition coefficient (Wildman–Crippen LogP) is -1.79. The SMILES string of the molecule is CC(=O)CN(CCN(CC(=O)O)CC(C)N(CC(=O)O)CC(=O)O)CC(=O)O. The topological polar surface area (TPSA) is 176 Å². The quantitative estimate of drug-likeness (QED) is 0.227. The van der Waals surface area contributed by atoms with Crippen LogP contribution in [0.5, 0.6) is 0 Å². The van der Waals surface area contributed by atoms with Crippen LogP contribution in [0, 0.1) is 0 Å². The molecular weight excluding hydrogens is 378 g/mol. The highest BCUT2D eigenvalue weighted by atomic mass is 16.4. The van der Waals surface area contributed by atoms with E-state index in [9.17, 15) is 24.0 Å². The second-order valence-electron chi connectivity index (χ2n) is 6.48. The van der Waals surface area contributed by atoms with Crippen molar-refractivity contribution in [3.8, 4) is 0 Å². The fraction of sp³-hybridized carbons (Fsp3) is 0.688. The Kier molecular flexibility index (Phi) is 11.6. The van der Waals surface area contributed by atoms with Gasteiger partial charge in [-0.2, -0.15) is 0 Å². The van der Waals surface area contributed by atoms with Crippen LogP contribution in [0.15, 0.2) is 0 Å². The molecule has 160 valence electrons. The van der Waals surface area contributed by atoms with Gasteiger partial charge in [0.1, 0.15) is 5.78 Å². The number of carbonyl (C=O) groups excluding carboxylic acids is 1. The van der Waals surface area contributed by atoms with Crippen LogP contribution in [0.1, 0.15) is 13.8 Å². The van der Waals surface area contributed by atoms with Gasteiger partial charge in [0.15, 0.2) is 0 Å². The van der Waals surface area contributed by atoms with Gasteiger partial charge in [-0.3, -0.25) is 38.7 Å². The van der Waals surface area contributed by atoms with E-state index in [2.05, 4.69) is 0 Å². The monoisotopic (exact) mass is 405 g/mol. The molecule has 0 fully saturated rings. The first-order chi connectivity index (χ1) is 12.9. The molecule has 0 saturated carbocycles. The molecule has 0 aliphatic rings. The van der Waals surface area contributed by atoms with Crippen LogP contribution in [0.3, 0.4) is 0 Å². The molecule has 0 radical (unpaired) electrons. The lowest BCUT2D eigenvalue weighted by Gasteiger charge is -2.32. The summed E-state index contributed by atoms with van der Waals surface area (Å²) in [4.78, 5) is 59.2. The largest absolute Gasteiger partial charge is 0.480 e. The molecule has 0 spiro atoms. The Balaban J connectivity index is 5.08. The molecule has 12 nitrogen and oxygen atoms in total. The Morgan fingerprint density at radius 1 is 0.679 bits per heavy atom. The third-order valence-corrected chi connectivity index (χ3v) is 3.72. The van der Waals surface area contributed by atoms with Gasteiger partial charge in [-0.1, -0.05) is 0 Å². The smallest absolute Gasteiger partial charge is 0.317 e. The molecule has 0 heterocycles. The molecule has 12 heteroatoms. The molecule has 0 rings (SSSR count). The average Bonchev–Trinajstić information content (AvgIpc) is 2.49. The van der Waals surface area contributed by atoms with Crippen LogP contribution in [-0.2, 0) is 24.0 Å². The number of carboxylic acids is 4. The third-order valence-electron chi connectivity index (χ3n) is 3.72. The maximum Gasteiger partial charge on any atom is 0.317 e. The Morgan fingerprint density at radius 2 is 1.07 bits per heavy atom. The minimum absolute atomic E-state index is 0.0494. The number of rotatable bonds is 16. The van der Waals surface area contributed by atoms with Crippen LogP contribution in [0.2, 0.25) is 0 Å². The highest BCUT2D eigenvalue weighted by molar-refractivity contribution is 5.78. The maximum absolute atomic E-state index is 11.3. The van der Waals surface area contributed by atoms with Gasteiger partial charge >= 0.3 is 23.9 Å². The summed E-state index contributed by atoms with van der Waals surface area (Å²) >= 11 is 0. The van der Waals surface area contributed by atoms with E-state index in [0.29, 0.717) is 0 Å². The molecule has 0 aromatic carbocycles. The van der Waals surface area contributed by atoms with Gasteiger partial charge in [0.2, 0.25) is 0 Å². The van der Waals surface area contributed by atoms with Crippen LogP contribution in [0.4, 0.5) is 0 Å². The zero-order valence-electron chi connectivity index (χ0n) is 15.9. The lowest BCUT2D eigenvalue weighted by Crippen LogP contribution is -2.49. The van der Waals surface area contributed by atoms with E-state index in [1.165, 1.54) is 21.6 Å². The Hall–Kier alpha value is -2.57. The highest BCUT2D eigenvalue weighted by Crippen LogP contribution is 2.04. The summed E-state index contributed by atoms with van der Waals surface area (Å²) in [6.07, 6.45) is 0. The molecule has 0 aliphatic carbocycles.